The first-order valence-electron chi connectivity index (χ1n) is 3.69. The Bertz CT molecular complexity index is 292. The van der Waals surface area contributed by atoms with Gasteiger partial charge in [-0.25, -0.2) is 0 Å². The third-order valence-corrected chi connectivity index (χ3v) is 2.17. The van der Waals surface area contributed by atoms with Crippen molar-refractivity contribution >= 4 is 11.6 Å². The molecule has 12 heavy (non-hydrogen) atoms. The Kier molecular flexibility index (Phi) is 2.00. The fourth-order valence-electron chi connectivity index (χ4n) is 1.15. The van der Waals surface area contributed by atoms with E-state index in [1.807, 2.05) is 0 Å². The molecule has 2 unspecified atom stereocenters. The number of rotatable bonds is 1. The lowest BCUT2D eigenvalue weighted by molar-refractivity contribution is -0.167. The Morgan fingerprint density at radius 3 is 3.00 bits per heavy atom. The number of ether oxygens (including phenoxy) is 1. The summed E-state index contributed by atoms with van der Waals surface area (Å²) < 4.78 is 5.11. The van der Waals surface area contributed by atoms with Crippen LogP contribution in [0.3, 0.4) is 0 Å². The molecule has 1 aliphatic heterocycles. The number of aliphatic hydroxyl groups excluding tert-OH is 1. The SMILES string of the molecule is OC1COC1c1ncccc1Cl. The summed E-state index contributed by atoms with van der Waals surface area (Å²) in [6.07, 6.45) is 0.839. The molecule has 1 fully saturated rings. The first-order chi connectivity index (χ1) is 5.79. The van der Waals surface area contributed by atoms with Crippen molar-refractivity contribution in [1.29, 1.82) is 0 Å². The van der Waals surface area contributed by atoms with E-state index in [0.717, 1.165) is 0 Å². The van der Waals surface area contributed by atoms with Gasteiger partial charge in [0.15, 0.2) is 0 Å². The Balaban J connectivity index is 2.27. The fraction of sp³-hybridized carbons (Fsp3) is 0.375. The first-order valence-corrected chi connectivity index (χ1v) is 4.07. The van der Waals surface area contributed by atoms with Crippen molar-refractivity contribution in [2.75, 3.05) is 6.61 Å². The number of hydrogen-bond acceptors (Lipinski definition) is 3. The molecule has 0 aromatic carbocycles. The van der Waals surface area contributed by atoms with Gasteiger partial charge in [0.05, 0.1) is 17.3 Å². The van der Waals surface area contributed by atoms with Crippen LogP contribution in [0.25, 0.3) is 0 Å². The molecule has 1 aliphatic rings. The van der Waals surface area contributed by atoms with Crippen molar-refractivity contribution in [3.05, 3.63) is 29.0 Å². The van der Waals surface area contributed by atoms with Crippen LogP contribution in [0, 0.1) is 0 Å². The van der Waals surface area contributed by atoms with E-state index < -0.39 is 6.10 Å². The van der Waals surface area contributed by atoms with Crippen LogP contribution in [0.2, 0.25) is 5.02 Å². The molecule has 64 valence electrons. The van der Waals surface area contributed by atoms with Crippen molar-refractivity contribution < 1.29 is 9.84 Å². The fourth-order valence-corrected chi connectivity index (χ4v) is 1.38. The van der Waals surface area contributed by atoms with Crippen LogP contribution >= 0.6 is 11.6 Å². The molecule has 1 N–H and O–H groups in total. The summed E-state index contributed by atoms with van der Waals surface area (Å²) in [5, 5.41) is 9.80. The highest BCUT2D eigenvalue weighted by atomic mass is 35.5. The normalized spacial score (nSPS) is 28.2. The van der Waals surface area contributed by atoms with Gasteiger partial charge in [-0.05, 0) is 12.1 Å². The van der Waals surface area contributed by atoms with Crippen LogP contribution in [-0.4, -0.2) is 22.8 Å². The Hall–Kier alpha value is -0.640. The van der Waals surface area contributed by atoms with Crippen LogP contribution in [0.5, 0.6) is 0 Å². The van der Waals surface area contributed by atoms with Crippen LogP contribution in [0.4, 0.5) is 0 Å². The number of halogens is 1. The molecule has 0 spiro atoms. The predicted octanol–water partition coefficient (Wildman–Crippen LogP) is 1.17. The van der Waals surface area contributed by atoms with Gasteiger partial charge < -0.3 is 9.84 Å². The van der Waals surface area contributed by atoms with Gasteiger partial charge in [-0.15, -0.1) is 0 Å². The van der Waals surface area contributed by atoms with Crippen molar-refractivity contribution in [1.82, 2.24) is 4.98 Å². The van der Waals surface area contributed by atoms with E-state index in [2.05, 4.69) is 4.98 Å². The van der Waals surface area contributed by atoms with Crippen LogP contribution in [0.15, 0.2) is 18.3 Å². The zero-order valence-corrected chi connectivity index (χ0v) is 7.03. The van der Waals surface area contributed by atoms with E-state index in [-0.39, 0.29) is 6.10 Å². The summed E-state index contributed by atoms with van der Waals surface area (Å²) in [6, 6.07) is 3.48. The number of pyridine rings is 1. The molecule has 1 saturated heterocycles. The maximum Gasteiger partial charge on any atom is 0.129 e. The van der Waals surface area contributed by atoms with Gasteiger partial charge >= 0.3 is 0 Å². The Morgan fingerprint density at radius 1 is 1.67 bits per heavy atom. The molecule has 0 radical (unpaired) electrons. The minimum atomic E-state index is -0.461. The monoisotopic (exact) mass is 185 g/mol. The highest BCUT2D eigenvalue weighted by Gasteiger charge is 2.33. The van der Waals surface area contributed by atoms with E-state index in [0.29, 0.717) is 17.3 Å². The zero-order valence-electron chi connectivity index (χ0n) is 6.27. The molecule has 4 heteroatoms. The van der Waals surface area contributed by atoms with Crippen LogP contribution in [0.1, 0.15) is 11.8 Å². The summed E-state index contributed by atoms with van der Waals surface area (Å²) in [6.45, 7) is 0.373. The summed E-state index contributed by atoms with van der Waals surface area (Å²) in [5.74, 6) is 0. The summed E-state index contributed by atoms with van der Waals surface area (Å²) in [5.41, 5.74) is 0.623. The van der Waals surface area contributed by atoms with Gasteiger partial charge in [0, 0.05) is 6.20 Å². The average molecular weight is 186 g/mol. The summed E-state index contributed by atoms with van der Waals surface area (Å²) in [4.78, 5) is 4.03. The number of aromatic nitrogens is 1. The van der Waals surface area contributed by atoms with Crippen molar-refractivity contribution in [2.24, 2.45) is 0 Å². The molecule has 0 aliphatic carbocycles. The zero-order chi connectivity index (χ0) is 8.55. The maximum absolute atomic E-state index is 9.26. The molecule has 2 heterocycles. The summed E-state index contributed by atoms with van der Waals surface area (Å²) >= 11 is 5.84. The molecule has 2 atom stereocenters. The van der Waals surface area contributed by atoms with Gasteiger partial charge in [0.1, 0.15) is 12.2 Å². The molecule has 2 rings (SSSR count). The van der Waals surface area contributed by atoms with Crippen molar-refractivity contribution in [3.63, 3.8) is 0 Å². The molecule has 0 amide bonds. The van der Waals surface area contributed by atoms with Gasteiger partial charge in [-0.2, -0.15) is 0 Å². The lowest BCUT2D eigenvalue weighted by Gasteiger charge is -2.32. The summed E-state index contributed by atoms with van der Waals surface area (Å²) in [7, 11) is 0. The lowest BCUT2D eigenvalue weighted by atomic mass is 10.1. The Labute approximate surface area is 75.0 Å². The van der Waals surface area contributed by atoms with Gasteiger partial charge in [-0.3, -0.25) is 4.98 Å². The predicted molar refractivity (Wildman–Crippen MR) is 43.9 cm³/mol. The second-order valence-electron chi connectivity index (χ2n) is 2.69. The minimum Gasteiger partial charge on any atom is -0.388 e. The second kappa shape index (κ2) is 3.01. The van der Waals surface area contributed by atoms with Crippen LogP contribution in [-0.2, 0) is 4.74 Å². The standard InChI is InChI=1S/C8H8ClNO2/c9-5-2-1-3-10-7(5)8-6(11)4-12-8/h1-3,6,8,11H,4H2. The molecule has 0 bridgehead atoms. The lowest BCUT2D eigenvalue weighted by Crippen LogP contribution is -2.38. The van der Waals surface area contributed by atoms with E-state index >= 15 is 0 Å². The molecular weight excluding hydrogens is 178 g/mol. The second-order valence-corrected chi connectivity index (χ2v) is 3.10. The average Bonchev–Trinajstić information content (AvgIpc) is 2.06. The van der Waals surface area contributed by atoms with Gasteiger partial charge in [-0.1, -0.05) is 11.6 Å². The van der Waals surface area contributed by atoms with Crippen molar-refractivity contribution in [2.45, 2.75) is 12.2 Å². The highest BCUT2D eigenvalue weighted by molar-refractivity contribution is 6.31. The highest BCUT2D eigenvalue weighted by Crippen LogP contribution is 2.32. The smallest absolute Gasteiger partial charge is 0.129 e. The number of aliphatic hydroxyl groups is 1. The molecular formula is C8H8ClNO2. The molecule has 3 nitrogen and oxygen atoms in total. The molecule has 0 saturated carbocycles. The van der Waals surface area contributed by atoms with E-state index in [9.17, 15) is 5.11 Å². The first kappa shape index (κ1) is 7.98. The largest absolute Gasteiger partial charge is 0.388 e. The maximum atomic E-state index is 9.26. The van der Waals surface area contributed by atoms with Crippen molar-refractivity contribution in [3.8, 4) is 0 Å². The van der Waals surface area contributed by atoms with E-state index in [4.69, 9.17) is 16.3 Å². The van der Waals surface area contributed by atoms with Crippen LogP contribution < -0.4 is 0 Å². The molecule has 1 aromatic rings. The van der Waals surface area contributed by atoms with E-state index in [1.54, 1.807) is 18.3 Å². The Morgan fingerprint density at radius 2 is 2.50 bits per heavy atom. The third kappa shape index (κ3) is 1.20. The number of hydrogen-bond donors (Lipinski definition) is 1. The van der Waals surface area contributed by atoms with Gasteiger partial charge in [0.2, 0.25) is 0 Å². The molecule has 1 aromatic heterocycles. The quantitative estimate of drug-likeness (QED) is 0.714. The minimum absolute atomic E-state index is 0.335. The number of nitrogens with zero attached hydrogens (tertiary/aromatic N) is 1. The van der Waals surface area contributed by atoms with Gasteiger partial charge in [0.25, 0.3) is 0 Å². The third-order valence-electron chi connectivity index (χ3n) is 1.85. The topological polar surface area (TPSA) is 42.4 Å². The van der Waals surface area contributed by atoms with E-state index in [1.165, 1.54) is 0 Å².